The van der Waals surface area contributed by atoms with Crippen molar-refractivity contribution in [3.63, 3.8) is 0 Å². The van der Waals surface area contributed by atoms with Crippen LogP contribution in [-0.4, -0.2) is 6.10 Å². The number of halogens is 1. The quantitative estimate of drug-likeness (QED) is 0.535. The number of rotatable bonds is 0. The molecule has 1 saturated heterocycles. The molecule has 1 aliphatic heterocycles. The molecule has 0 unspecified atom stereocenters. The number of ether oxygens (including phenoxy) is 1. The molecule has 3 rings (SSSR count). The first kappa shape index (κ1) is 6.61. The molecular formula is C10H9FO. The third kappa shape index (κ3) is 0.758. The molecule has 2 atom stereocenters. The second-order valence-electron chi connectivity index (χ2n) is 3.44. The van der Waals surface area contributed by atoms with Gasteiger partial charge in [-0.15, -0.1) is 0 Å². The van der Waals surface area contributed by atoms with E-state index in [0.717, 1.165) is 24.0 Å². The Morgan fingerprint density at radius 1 is 1.42 bits per heavy atom. The van der Waals surface area contributed by atoms with E-state index >= 15 is 0 Å². The zero-order chi connectivity index (χ0) is 8.13. The zero-order valence-corrected chi connectivity index (χ0v) is 6.59. The fourth-order valence-corrected chi connectivity index (χ4v) is 2.03. The standard InChI is InChI=1S/C10H9FO/c11-8-3-1-2-7-6(8)4-5-9-10(7)12-9/h1-3,9-10H,4-5H2/t9-,10+/m1/s1. The van der Waals surface area contributed by atoms with Gasteiger partial charge in [0.15, 0.2) is 0 Å². The van der Waals surface area contributed by atoms with Crippen LogP contribution >= 0.6 is 0 Å². The van der Waals surface area contributed by atoms with E-state index in [1.165, 1.54) is 6.07 Å². The molecule has 1 aliphatic carbocycles. The van der Waals surface area contributed by atoms with Crippen molar-refractivity contribution < 1.29 is 9.13 Å². The maximum atomic E-state index is 13.2. The van der Waals surface area contributed by atoms with Gasteiger partial charge in [-0.1, -0.05) is 12.1 Å². The molecule has 12 heavy (non-hydrogen) atoms. The van der Waals surface area contributed by atoms with Gasteiger partial charge in [0.2, 0.25) is 0 Å². The van der Waals surface area contributed by atoms with Crippen LogP contribution in [0.1, 0.15) is 23.7 Å². The second-order valence-corrected chi connectivity index (χ2v) is 3.44. The van der Waals surface area contributed by atoms with Gasteiger partial charge in [-0.25, -0.2) is 4.39 Å². The Labute approximate surface area is 70.2 Å². The number of hydrogen-bond donors (Lipinski definition) is 0. The van der Waals surface area contributed by atoms with Crippen LogP contribution in [0.3, 0.4) is 0 Å². The van der Waals surface area contributed by atoms with Gasteiger partial charge in [-0.2, -0.15) is 0 Å². The summed E-state index contributed by atoms with van der Waals surface area (Å²) >= 11 is 0. The van der Waals surface area contributed by atoms with Crippen LogP contribution < -0.4 is 0 Å². The van der Waals surface area contributed by atoms with Crippen LogP contribution in [-0.2, 0) is 11.2 Å². The summed E-state index contributed by atoms with van der Waals surface area (Å²) < 4.78 is 18.6. The lowest BCUT2D eigenvalue weighted by Crippen LogP contribution is -2.06. The minimum atomic E-state index is -0.0681. The van der Waals surface area contributed by atoms with E-state index in [9.17, 15) is 4.39 Å². The molecule has 1 fully saturated rings. The van der Waals surface area contributed by atoms with Crippen molar-refractivity contribution in [1.29, 1.82) is 0 Å². The van der Waals surface area contributed by atoms with Crippen molar-refractivity contribution >= 4 is 0 Å². The SMILES string of the molecule is Fc1cccc2c1CC[C@H]1O[C@@H]21. The van der Waals surface area contributed by atoms with Gasteiger partial charge >= 0.3 is 0 Å². The number of epoxide rings is 1. The van der Waals surface area contributed by atoms with E-state index in [0.29, 0.717) is 6.10 Å². The largest absolute Gasteiger partial charge is 0.364 e. The highest BCUT2D eigenvalue weighted by molar-refractivity contribution is 5.36. The molecule has 1 heterocycles. The molecule has 0 amide bonds. The van der Waals surface area contributed by atoms with Crippen molar-refractivity contribution in [3.05, 3.63) is 35.1 Å². The minimum absolute atomic E-state index is 0.0681. The van der Waals surface area contributed by atoms with Gasteiger partial charge in [-0.3, -0.25) is 0 Å². The van der Waals surface area contributed by atoms with Crippen LogP contribution in [0.2, 0.25) is 0 Å². The third-order valence-electron chi connectivity index (χ3n) is 2.72. The molecule has 0 saturated carbocycles. The van der Waals surface area contributed by atoms with Crippen LogP contribution in [0.5, 0.6) is 0 Å². The Balaban J connectivity index is 2.18. The van der Waals surface area contributed by atoms with Crippen LogP contribution in [0, 0.1) is 5.82 Å². The second kappa shape index (κ2) is 2.07. The average Bonchev–Trinajstić information content (AvgIpc) is 2.83. The summed E-state index contributed by atoms with van der Waals surface area (Å²) in [4.78, 5) is 0. The first-order chi connectivity index (χ1) is 5.86. The molecule has 0 aromatic heterocycles. The zero-order valence-electron chi connectivity index (χ0n) is 6.59. The van der Waals surface area contributed by atoms with E-state index in [-0.39, 0.29) is 11.9 Å². The smallest absolute Gasteiger partial charge is 0.126 e. The predicted octanol–water partition coefficient (Wildman–Crippen LogP) is 2.21. The van der Waals surface area contributed by atoms with Crippen molar-refractivity contribution in [2.24, 2.45) is 0 Å². The number of fused-ring (bicyclic) bond motifs is 3. The molecule has 0 spiro atoms. The number of benzene rings is 1. The molecule has 1 nitrogen and oxygen atoms in total. The summed E-state index contributed by atoms with van der Waals surface area (Å²) in [6.07, 6.45) is 2.42. The summed E-state index contributed by atoms with van der Waals surface area (Å²) in [6, 6.07) is 5.27. The van der Waals surface area contributed by atoms with Crippen LogP contribution in [0.4, 0.5) is 4.39 Å². The van der Waals surface area contributed by atoms with E-state index in [1.807, 2.05) is 6.07 Å². The van der Waals surface area contributed by atoms with Crippen LogP contribution in [0.25, 0.3) is 0 Å². The first-order valence-electron chi connectivity index (χ1n) is 4.29. The van der Waals surface area contributed by atoms with Crippen molar-refractivity contribution in [2.45, 2.75) is 25.0 Å². The highest BCUT2D eigenvalue weighted by Gasteiger charge is 2.44. The highest BCUT2D eigenvalue weighted by atomic mass is 19.1. The molecule has 0 bridgehead atoms. The highest BCUT2D eigenvalue weighted by Crippen LogP contribution is 2.47. The topological polar surface area (TPSA) is 12.5 Å². The number of hydrogen-bond acceptors (Lipinski definition) is 1. The fraction of sp³-hybridized carbons (Fsp3) is 0.400. The Hall–Kier alpha value is -0.890. The monoisotopic (exact) mass is 164 g/mol. The molecule has 0 N–H and O–H groups in total. The Kier molecular flexibility index (Phi) is 1.14. The molecule has 62 valence electrons. The molecular weight excluding hydrogens is 155 g/mol. The lowest BCUT2D eigenvalue weighted by atomic mass is 9.91. The van der Waals surface area contributed by atoms with Crippen molar-refractivity contribution in [1.82, 2.24) is 0 Å². The van der Waals surface area contributed by atoms with Gasteiger partial charge in [0.05, 0.1) is 6.10 Å². The van der Waals surface area contributed by atoms with E-state index < -0.39 is 0 Å². The summed E-state index contributed by atoms with van der Waals surface area (Å²) in [5, 5.41) is 0. The average molecular weight is 164 g/mol. The lowest BCUT2D eigenvalue weighted by molar-refractivity contribution is 0.373. The van der Waals surface area contributed by atoms with Gasteiger partial charge in [0, 0.05) is 0 Å². The summed E-state index contributed by atoms with van der Waals surface area (Å²) in [5.41, 5.74) is 1.95. The Bertz CT molecular complexity index is 335. The van der Waals surface area contributed by atoms with E-state index in [1.54, 1.807) is 6.07 Å². The molecule has 2 aliphatic rings. The summed E-state index contributed by atoms with van der Waals surface area (Å²) in [6.45, 7) is 0. The molecule has 2 heteroatoms. The maximum absolute atomic E-state index is 13.2. The summed E-state index contributed by atoms with van der Waals surface area (Å²) in [5.74, 6) is -0.0681. The van der Waals surface area contributed by atoms with Gasteiger partial charge in [0.25, 0.3) is 0 Å². The maximum Gasteiger partial charge on any atom is 0.126 e. The fourth-order valence-electron chi connectivity index (χ4n) is 2.03. The minimum Gasteiger partial charge on any atom is -0.364 e. The molecule has 0 radical (unpaired) electrons. The van der Waals surface area contributed by atoms with Gasteiger partial charge < -0.3 is 4.74 Å². The van der Waals surface area contributed by atoms with Gasteiger partial charge in [-0.05, 0) is 30.0 Å². The molecule has 1 aromatic carbocycles. The molecule has 1 aromatic rings. The van der Waals surface area contributed by atoms with E-state index in [4.69, 9.17) is 4.74 Å². The lowest BCUT2D eigenvalue weighted by Gasteiger charge is -2.11. The normalized spacial score (nSPS) is 30.8. The van der Waals surface area contributed by atoms with Crippen molar-refractivity contribution in [2.75, 3.05) is 0 Å². The first-order valence-corrected chi connectivity index (χ1v) is 4.29. The van der Waals surface area contributed by atoms with Crippen molar-refractivity contribution in [3.8, 4) is 0 Å². The Morgan fingerprint density at radius 2 is 2.33 bits per heavy atom. The predicted molar refractivity (Wildman–Crippen MR) is 42.3 cm³/mol. The Morgan fingerprint density at radius 3 is 3.25 bits per heavy atom. The van der Waals surface area contributed by atoms with E-state index in [2.05, 4.69) is 0 Å². The van der Waals surface area contributed by atoms with Gasteiger partial charge in [0.1, 0.15) is 11.9 Å². The third-order valence-corrected chi connectivity index (χ3v) is 2.72. The summed E-state index contributed by atoms with van der Waals surface area (Å²) in [7, 11) is 0. The van der Waals surface area contributed by atoms with Crippen LogP contribution in [0.15, 0.2) is 18.2 Å².